The molecular formula is C15H21N3O. The third kappa shape index (κ3) is 2.15. The lowest BCUT2D eigenvalue weighted by Gasteiger charge is -2.43. The summed E-state index contributed by atoms with van der Waals surface area (Å²) in [7, 11) is 0. The van der Waals surface area contributed by atoms with Crippen LogP contribution in [0.25, 0.3) is 0 Å². The molecule has 4 N–H and O–H groups in total. The lowest BCUT2D eigenvalue weighted by Crippen LogP contribution is -2.44. The Balaban J connectivity index is 1.88. The molecule has 1 saturated carbocycles. The Morgan fingerprint density at radius 3 is 2.79 bits per heavy atom. The Kier molecular flexibility index (Phi) is 2.88. The van der Waals surface area contributed by atoms with Gasteiger partial charge in [-0.05, 0) is 49.8 Å². The summed E-state index contributed by atoms with van der Waals surface area (Å²) in [5, 5.41) is 6.52. The first-order chi connectivity index (χ1) is 9.12. The first kappa shape index (κ1) is 12.3. The van der Waals surface area contributed by atoms with E-state index in [1.807, 2.05) is 6.07 Å². The van der Waals surface area contributed by atoms with E-state index in [4.69, 9.17) is 5.73 Å². The molecule has 1 fully saturated rings. The molecule has 102 valence electrons. The van der Waals surface area contributed by atoms with E-state index in [-0.39, 0.29) is 11.4 Å². The van der Waals surface area contributed by atoms with E-state index in [0.29, 0.717) is 6.42 Å². The number of hydrogen-bond acceptors (Lipinski definition) is 3. The van der Waals surface area contributed by atoms with Crippen LogP contribution < -0.4 is 16.4 Å². The van der Waals surface area contributed by atoms with Crippen LogP contribution in [-0.2, 0) is 11.2 Å². The van der Waals surface area contributed by atoms with Gasteiger partial charge in [0.1, 0.15) is 0 Å². The highest BCUT2D eigenvalue weighted by atomic mass is 16.1. The fraction of sp³-hybridized carbons (Fsp3) is 0.533. The van der Waals surface area contributed by atoms with Gasteiger partial charge in [0.05, 0.1) is 11.4 Å². The van der Waals surface area contributed by atoms with E-state index in [0.717, 1.165) is 29.9 Å². The van der Waals surface area contributed by atoms with Crippen LogP contribution in [0.1, 0.15) is 44.6 Å². The van der Waals surface area contributed by atoms with Gasteiger partial charge in [0.2, 0.25) is 5.91 Å². The van der Waals surface area contributed by atoms with Crippen molar-refractivity contribution in [3.8, 4) is 0 Å². The summed E-state index contributed by atoms with van der Waals surface area (Å²) in [4.78, 5) is 11.4. The molecule has 0 aromatic heterocycles. The van der Waals surface area contributed by atoms with Crippen molar-refractivity contribution in [2.24, 2.45) is 0 Å². The minimum absolute atomic E-state index is 0.0802. The molecule has 1 aliphatic carbocycles. The molecule has 0 saturated heterocycles. The van der Waals surface area contributed by atoms with Crippen LogP contribution in [0.3, 0.4) is 0 Å². The molecule has 19 heavy (non-hydrogen) atoms. The Morgan fingerprint density at radius 1 is 1.37 bits per heavy atom. The van der Waals surface area contributed by atoms with Gasteiger partial charge in [0, 0.05) is 17.6 Å². The summed E-state index contributed by atoms with van der Waals surface area (Å²) >= 11 is 0. The minimum Gasteiger partial charge on any atom is -0.397 e. The molecular weight excluding hydrogens is 238 g/mol. The van der Waals surface area contributed by atoms with Crippen LogP contribution in [0.15, 0.2) is 12.1 Å². The van der Waals surface area contributed by atoms with Gasteiger partial charge in [-0.2, -0.15) is 0 Å². The molecule has 0 unspecified atom stereocenters. The van der Waals surface area contributed by atoms with Gasteiger partial charge in [0.15, 0.2) is 0 Å². The number of benzene rings is 1. The predicted molar refractivity (Wildman–Crippen MR) is 78.3 cm³/mol. The average molecular weight is 259 g/mol. The maximum absolute atomic E-state index is 11.4. The quantitative estimate of drug-likeness (QED) is 0.731. The van der Waals surface area contributed by atoms with E-state index in [9.17, 15) is 4.79 Å². The molecule has 0 spiro atoms. The lowest BCUT2D eigenvalue weighted by molar-refractivity contribution is -0.116. The number of anilines is 3. The van der Waals surface area contributed by atoms with Crippen molar-refractivity contribution < 1.29 is 4.79 Å². The molecule has 1 aromatic rings. The van der Waals surface area contributed by atoms with Crippen molar-refractivity contribution in [1.29, 1.82) is 0 Å². The Morgan fingerprint density at radius 2 is 2.16 bits per heavy atom. The van der Waals surface area contributed by atoms with Gasteiger partial charge in [-0.25, -0.2) is 0 Å². The Hall–Kier alpha value is -1.71. The van der Waals surface area contributed by atoms with Gasteiger partial charge in [-0.3, -0.25) is 4.79 Å². The van der Waals surface area contributed by atoms with E-state index in [1.54, 1.807) is 0 Å². The number of carbonyl (C=O) groups is 1. The molecule has 4 heteroatoms. The molecule has 4 nitrogen and oxygen atoms in total. The van der Waals surface area contributed by atoms with Gasteiger partial charge in [-0.15, -0.1) is 0 Å². The monoisotopic (exact) mass is 259 g/mol. The maximum atomic E-state index is 11.4. The van der Waals surface area contributed by atoms with Crippen molar-refractivity contribution >= 4 is 23.0 Å². The van der Waals surface area contributed by atoms with Gasteiger partial charge in [0.25, 0.3) is 0 Å². The number of nitrogens with two attached hydrogens (primary N) is 1. The normalized spacial score (nSPS) is 20.2. The highest BCUT2D eigenvalue weighted by Crippen LogP contribution is 2.40. The molecule has 1 aliphatic heterocycles. The fourth-order valence-corrected chi connectivity index (χ4v) is 3.01. The smallest absolute Gasteiger partial charge is 0.224 e. The van der Waals surface area contributed by atoms with Crippen molar-refractivity contribution in [2.45, 2.75) is 51.0 Å². The number of nitrogens with one attached hydrogen (secondary N) is 2. The van der Waals surface area contributed by atoms with E-state index in [2.05, 4.69) is 23.6 Å². The van der Waals surface area contributed by atoms with Gasteiger partial charge < -0.3 is 16.4 Å². The zero-order valence-corrected chi connectivity index (χ0v) is 11.4. The SMILES string of the molecule is CCC1(Nc2cc3c(cc2N)NC(=O)CC3)CCC1. The van der Waals surface area contributed by atoms with Crippen LogP contribution in [0.2, 0.25) is 0 Å². The van der Waals surface area contributed by atoms with Gasteiger partial charge >= 0.3 is 0 Å². The van der Waals surface area contributed by atoms with Crippen molar-refractivity contribution in [1.82, 2.24) is 0 Å². The van der Waals surface area contributed by atoms with Crippen LogP contribution in [0.4, 0.5) is 17.1 Å². The molecule has 1 heterocycles. The Labute approximate surface area is 113 Å². The largest absolute Gasteiger partial charge is 0.397 e. The summed E-state index contributed by atoms with van der Waals surface area (Å²) < 4.78 is 0. The zero-order valence-electron chi connectivity index (χ0n) is 11.4. The second-order valence-corrected chi connectivity index (χ2v) is 5.76. The fourth-order valence-electron chi connectivity index (χ4n) is 3.01. The number of nitrogen functional groups attached to an aromatic ring is 1. The first-order valence-electron chi connectivity index (χ1n) is 7.12. The second kappa shape index (κ2) is 4.44. The molecule has 0 radical (unpaired) electrons. The molecule has 0 bridgehead atoms. The maximum Gasteiger partial charge on any atom is 0.224 e. The van der Waals surface area contributed by atoms with Crippen molar-refractivity contribution in [3.05, 3.63) is 17.7 Å². The van der Waals surface area contributed by atoms with E-state index < -0.39 is 0 Å². The number of amides is 1. The standard InChI is InChI=1S/C15H21N3O/c1-2-15(6-3-7-15)18-13-8-10-4-5-14(19)17-12(10)9-11(13)16/h8-9,18H,2-7,16H2,1H3,(H,17,19). The molecule has 2 aliphatic rings. The third-order valence-corrected chi connectivity index (χ3v) is 4.56. The molecule has 3 rings (SSSR count). The summed E-state index contributed by atoms with van der Waals surface area (Å²) in [6, 6.07) is 4.00. The second-order valence-electron chi connectivity index (χ2n) is 5.76. The Bertz CT molecular complexity index is 515. The van der Waals surface area contributed by atoms with Gasteiger partial charge in [-0.1, -0.05) is 6.92 Å². The van der Waals surface area contributed by atoms with Crippen LogP contribution in [-0.4, -0.2) is 11.4 Å². The van der Waals surface area contributed by atoms with E-state index >= 15 is 0 Å². The number of fused-ring (bicyclic) bond motifs is 1. The van der Waals surface area contributed by atoms with Crippen LogP contribution in [0, 0.1) is 0 Å². The van der Waals surface area contributed by atoms with Crippen molar-refractivity contribution in [2.75, 3.05) is 16.4 Å². The number of carbonyl (C=O) groups excluding carboxylic acids is 1. The summed E-state index contributed by atoms with van der Waals surface area (Å²) in [5.41, 5.74) is 10.2. The van der Waals surface area contributed by atoms with Crippen molar-refractivity contribution in [3.63, 3.8) is 0 Å². The average Bonchev–Trinajstić information content (AvgIpc) is 2.34. The third-order valence-electron chi connectivity index (χ3n) is 4.56. The molecule has 1 amide bonds. The summed E-state index contributed by atoms with van der Waals surface area (Å²) in [6.45, 7) is 2.22. The highest BCUT2D eigenvalue weighted by Gasteiger charge is 2.35. The lowest BCUT2D eigenvalue weighted by atomic mass is 9.74. The zero-order chi connectivity index (χ0) is 13.5. The summed E-state index contributed by atoms with van der Waals surface area (Å²) in [5.74, 6) is 0.0802. The molecule has 0 atom stereocenters. The van der Waals surface area contributed by atoms with Crippen LogP contribution in [0.5, 0.6) is 0 Å². The highest BCUT2D eigenvalue weighted by molar-refractivity contribution is 5.95. The minimum atomic E-state index is 0.0802. The van der Waals surface area contributed by atoms with E-state index in [1.165, 1.54) is 24.8 Å². The number of aryl methyl sites for hydroxylation is 1. The number of hydrogen-bond donors (Lipinski definition) is 3. The molecule has 1 aromatic carbocycles. The number of rotatable bonds is 3. The van der Waals surface area contributed by atoms with Crippen LogP contribution >= 0.6 is 0 Å². The predicted octanol–water partition coefficient (Wildman–Crippen LogP) is 2.90. The topological polar surface area (TPSA) is 67.2 Å². The summed E-state index contributed by atoms with van der Waals surface area (Å²) in [6.07, 6.45) is 6.22. The first-order valence-corrected chi connectivity index (χ1v) is 7.12.